The third kappa shape index (κ3) is 4.72. The number of ether oxygens (including phenoxy) is 1. The average molecular weight is 295 g/mol. The van der Waals surface area contributed by atoms with E-state index in [1.165, 1.54) is 11.5 Å². The zero-order valence-corrected chi connectivity index (χ0v) is 12.3. The Labute approximate surface area is 123 Å². The van der Waals surface area contributed by atoms with Crippen molar-refractivity contribution in [2.24, 2.45) is 5.73 Å². The molecule has 1 heterocycles. The summed E-state index contributed by atoms with van der Waals surface area (Å²) in [6.45, 7) is 0. The fourth-order valence-corrected chi connectivity index (χ4v) is 3.29. The summed E-state index contributed by atoms with van der Waals surface area (Å²) in [6, 6.07) is 7.49. The van der Waals surface area contributed by atoms with Gasteiger partial charge in [0.1, 0.15) is 11.9 Å². The van der Waals surface area contributed by atoms with Crippen LogP contribution in [0.2, 0.25) is 0 Å². The lowest BCUT2D eigenvalue weighted by Gasteiger charge is -2.23. The summed E-state index contributed by atoms with van der Waals surface area (Å²) in [5.74, 6) is 2.40. The van der Waals surface area contributed by atoms with Gasteiger partial charge in [0.05, 0.1) is 0 Å². The van der Waals surface area contributed by atoms with Gasteiger partial charge in [-0.3, -0.25) is 4.79 Å². The van der Waals surface area contributed by atoms with E-state index in [1.807, 2.05) is 36.0 Å². The summed E-state index contributed by atoms with van der Waals surface area (Å²) in [5.41, 5.74) is 6.93. The van der Waals surface area contributed by atoms with Crippen LogP contribution in [0.25, 0.3) is 0 Å². The summed E-state index contributed by atoms with van der Waals surface area (Å²) in [4.78, 5) is 10.5. The topological polar surface area (TPSA) is 72.6 Å². The minimum absolute atomic E-state index is 0.0964. The van der Waals surface area contributed by atoms with Crippen molar-refractivity contribution in [3.63, 3.8) is 0 Å². The second-order valence-electron chi connectivity index (χ2n) is 5.04. The number of thioether (sulfide) groups is 1. The lowest BCUT2D eigenvalue weighted by molar-refractivity contribution is -0.137. The number of carboxylic acid groups (broad SMARTS) is 1. The third-order valence-electron chi connectivity index (χ3n) is 3.45. The molecule has 1 aliphatic heterocycles. The van der Waals surface area contributed by atoms with Crippen LogP contribution in [-0.4, -0.2) is 28.7 Å². The molecule has 0 aliphatic carbocycles. The molecule has 1 saturated heterocycles. The van der Waals surface area contributed by atoms with Crippen LogP contribution in [0.1, 0.15) is 37.3 Å². The molecule has 5 heteroatoms. The van der Waals surface area contributed by atoms with Gasteiger partial charge < -0.3 is 15.6 Å². The smallest absolute Gasteiger partial charge is 0.303 e. The molecule has 0 bridgehead atoms. The molecule has 3 N–H and O–H groups in total. The molecule has 1 fully saturated rings. The van der Waals surface area contributed by atoms with E-state index in [2.05, 4.69) is 0 Å². The van der Waals surface area contributed by atoms with E-state index in [0.29, 0.717) is 12.5 Å². The number of aliphatic carboxylic acids is 1. The number of nitrogens with two attached hydrogens (primary N) is 1. The average Bonchev–Trinajstić information content (AvgIpc) is 2.46. The van der Waals surface area contributed by atoms with Crippen molar-refractivity contribution in [1.29, 1.82) is 0 Å². The number of hydrogen-bond donors (Lipinski definition) is 2. The van der Waals surface area contributed by atoms with Gasteiger partial charge in [-0.1, -0.05) is 12.1 Å². The molecule has 1 aliphatic rings. The zero-order chi connectivity index (χ0) is 14.4. The van der Waals surface area contributed by atoms with Crippen LogP contribution in [0.15, 0.2) is 24.3 Å². The molecule has 4 nitrogen and oxygen atoms in total. The van der Waals surface area contributed by atoms with E-state index < -0.39 is 5.97 Å². The number of rotatable bonds is 6. The van der Waals surface area contributed by atoms with Crippen LogP contribution < -0.4 is 10.5 Å². The first-order valence-corrected chi connectivity index (χ1v) is 8.12. The van der Waals surface area contributed by atoms with Crippen molar-refractivity contribution in [3.05, 3.63) is 29.8 Å². The van der Waals surface area contributed by atoms with Crippen molar-refractivity contribution in [3.8, 4) is 5.75 Å². The summed E-state index contributed by atoms with van der Waals surface area (Å²) < 4.78 is 5.94. The summed E-state index contributed by atoms with van der Waals surface area (Å²) in [5, 5.41) is 8.66. The van der Waals surface area contributed by atoms with Gasteiger partial charge in [-0.15, -0.1) is 0 Å². The van der Waals surface area contributed by atoms with Crippen LogP contribution >= 0.6 is 11.8 Å². The second kappa shape index (κ2) is 7.55. The van der Waals surface area contributed by atoms with Gasteiger partial charge in [-0.2, -0.15) is 11.8 Å². The molecular formula is C15H21NO3S. The first-order valence-electron chi connectivity index (χ1n) is 6.97. The number of benzene rings is 1. The van der Waals surface area contributed by atoms with Crippen LogP contribution in [-0.2, 0) is 4.79 Å². The Kier molecular flexibility index (Phi) is 5.73. The van der Waals surface area contributed by atoms with Crippen molar-refractivity contribution < 1.29 is 14.6 Å². The van der Waals surface area contributed by atoms with Crippen LogP contribution in [0.3, 0.4) is 0 Å². The molecule has 2 rings (SSSR count). The molecule has 0 saturated carbocycles. The predicted molar refractivity (Wildman–Crippen MR) is 81.2 cm³/mol. The normalized spacial score (nSPS) is 17.6. The molecule has 1 unspecified atom stereocenters. The molecule has 0 amide bonds. The van der Waals surface area contributed by atoms with Gasteiger partial charge in [0.25, 0.3) is 0 Å². The quantitative estimate of drug-likeness (QED) is 0.844. The Morgan fingerprint density at radius 3 is 2.60 bits per heavy atom. The summed E-state index contributed by atoms with van der Waals surface area (Å²) >= 11 is 1.98. The van der Waals surface area contributed by atoms with E-state index in [9.17, 15) is 4.79 Å². The zero-order valence-electron chi connectivity index (χ0n) is 11.5. The van der Waals surface area contributed by atoms with Crippen LogP contribution in [0.4, 0.5) is 0 Å². The molecular weight excluding hydrogens is 274 g/mol. The van der Waals surface area contributed by atoms with Gasteiger partial charge in [0, 0.05) is 12.5 Å². The monoisotopic (exact) mass is 295 g/mol. The Morgan fingerprint density at radius 1 is 1.35 bits per heavy atom. The van der Waals surface area contributed by atoms with Crippen molar-refractivity contribution >= 4 is 17.7 Å². The highest BCUT2D eigenvalue weighted by atomic mass is 32.2. The van der Waals surface area contributed by atoms with E-state index in [1.54, 1.807) is 0 Å². The molecule has 1 aromatic rings. The second-order valence-corrected chi connectivity index (χ2v) is 6.26. The van der Waals surface area contributed by atoms with Crippen molar-refractivity contribution in [2.75, 3.05) is 11.5 Å². The lowest BCUT2D eigenvalue weighted by Crippen LogP contribution is -2.22. The first-order chi connectivity index (χ1) is 9.65. The fraction of sp³-hybridized carbons (Fsp3) is 0.533. The summed E-state index contributed by atoms with van der Waals surface area (Å²) in [7, 11) is 0. The third-order valence-corrected chi connectivity index (χ3v) is 4.50. The van der Waals surface area contributed by atoms with E-state index in [-0.39, 0.29) is 12.5 Å². The molecule has 0 radical (unpaired) electrons. The molecule has 1 aromatic carbocycles. The number of carbonyl (C=O) groups is 1. The maximum absolute atomic E-state index is 10.5. The highest BCUT2D eigenvalue weighted by molar-refractivity contribution is 7.99. The van der Waals surface area contributed by atoms with Gasteiger partial charge in [-0.25, -0.2) is 0 Å². The Bertz CT molecular complexity index is 429. The van der Waals surface area contributed by atoms with Crippen LogP contribution in [0.5, 0.6) is 5.75 Å². The van der Waals surface area contributed by atoms with Crippen molar-refractivity contribution in [2.45, 2.75) is 37.8 Å². The minimum atomic E-state index is -0.810. The Morgan fingerprint density at radius 2 is 2.00 bits per heavy atom. The minimum Gasteiger partial charge on any atom is -0.490 e. The Balaban J connectivity index is 1.86. The highest BCUT2D eigenvalue weighted by Gasteiger charge is 2.15. The first kappa shape index (κ1) is 15.2. The fourth-order valence-electron chi connectivity index (χ4n) is 2.23. The van der Waals surface area contributed by atoms with Gasteiger partial charge in [0.2, 0.25) is 0 Å². The van der Waals surface area contributed by atoms with Gasteiger partial charge in [-0.05, 0) is 48.5 Å². The van der Waals surface area contributed by atoms with E-state index >= 15 is 0 Å². The maximum atomic E-state index is 10.5. The molecule has 1 atom stereocenters. The maximum Gasteiger partial charge on any atom is 0.303 e. The molecule has 0 spiro atoms. The van der Waals surface area contributed by atoms with Gasteiger partial charge in [0.15, 0.2) is 0 Å². The highest BCUT2D eigenvalue weighted by Crippen LogP contribution is 2.24. The Hall–Kier alpha value is -1.20. The number of carboxylic acids is 1. The SMILES string of the molecule is NC(CCC(=O)O)c1ccc(OC2CCSCC2)cc1. The molecule has 110 valence electrons. The number of hydrogen-bond acceptors (Lipinski definition) is 4. The summed E-state index contributed by atoms with van der Waals surface area (Å²) in [6.07, 6.45) is 3.08. The van der Waals surface area contributed by atoms with Crippen molar-refractivity contribution in [1.82, 2.24) is 0 Å². The van der Waals surface area contributed by atoms with Gasteiger partial charge >= 0.3 is 5.97 Å². The predicted octanol–water partition coefficient (Wildman–Crippen LogP) is 2.83. The lowest BCUT2D eigenvalue weighted by atomic mass is 10.0. The largest absolute Gasteiger partial charge is 0.490 e. The molecule has 0 aromatic heterocycles. The molecule has 20 heavy (non-hydrogen) atoms. The van der Waals surface area contributed by atoms with Crippen LogP contribution in [0, 0.1) is 0 Å². The van der Waals surface area contributed by atoms with E-state index in [4.69, 9.17) is 15.6 Å². The standard InChI is InChI=1S/C15H21NO3S/c16-14(5-6-15(17)18)11-1-3-12(4-2-11)19-13-7-9-20-10-8-13/h1-4,13-14H,5-10,16H2,(H,17,18). The van der Waals surface area contributed by atoms with E-state index in [0.717, 1.165) is 24.2 Å².